The molecule has 0 amide bonds. The van der Waals surface area contributed by atoms with Gasteiger partial charge in [0.25, 0.3) is 0 Å². The maximum Gasteiger partial charge on any atom is 0.0361 e. The molecule has 0 fully saturated rings. The van der Waals surface area contributed by atoms with Gasteiger partial charge >= 0.3 is 0 Å². The molecule has 0 spiro atoms. The Morgan fingerprint density at radius 3 is 2.10 bits per heavy atom. The molecule has 31 heavy (non-hydrogen) atoms. The Morgan fingerprint density at radius 1 is 0.645 bits per heavy atom. The molecule has 0 unspecified atom stereocenters. The van der Waals surface area contributed by atoms with Crippen LogP contribution in [0.25, 0.3) is 42.4 Å². The monoisotopic (exact) mass is 418 g/mol. The Kier molecular flexibility index (Phi) is 3.98. The zero-order chi connectivity index (χ0) is 21.3. The van der Waals surface area contributed by atoms with E-state index in [1.165, 1.54) is 59.1 Å². The maximum absolute atomic E-state index is 2.43. The smallest absolute Gasteiger partial charge is 0.0361 e. The van der Waals surface area contributed by atoms with Gasteiger partial charge in [-0.05, 0) is 63.1 Å². The number of thiophene rings is 1. The molecule has 0 saturated heterocycles. The van der Waals surface area contributed by atoms with Gasteiger partial charge < -0.3 is 0 Å². The van der Waals surface area contributed by atoms with Gasteiger partial charge in [-0.15, -0.1) is 11.3 Å². The van der Waals surface area contributed by atoms with Gasteiger partial charge in [-0.2, -0.15) is 0 Å². The number of rotatable bonds is 2. The highest BCUT2D eigenvalue weighted by atomic mass is 32.1. The third-order valence-electron chi connectivity index (χ3n) is 7.08. The van der Waals surface area contributed by atoms with E-state index in [1.807, 2.05) is 11.3 Å². The Morgan fingerprint density at radius 2 is 1.29 bits per heavy atom. The summed E-state index contributed by atoms with van der Waals surface area (Å²) in [4.78, 5) is 0. The molecule has 1 heteroatoms. The molecule has 152 valence electrons. The minimum atomic E-state index is 0.0211. The molecule has 5 aromatic rings. The van der Waals surface area contributed by atoms with Gasteiger partial charge in [0.1, 0.15) is 0 Å². The number of hydrogen-bond acceptors (Lipinski definition) is 1. The van der Waals surface area contributed by atoms with Gasteiger partial charge in [0.05, 0.1) is 0 Å². The summed E-state index contributed by atoms with van der Waals surface area (Å²) in [6.07, 6.45) is 0. The minimum Gasteiger partial charge on any atom is -0.135 e. The maximum atomic E-state index is 2.43. The number of fused-ring (bicyclic) bond motifs is 6. The first-order chi connectivity index (χ1) is 14.9. The molecule has 0 radical (unpaired) electrons. The van der Waals surface area contributed by atoms with Gasteiger partial charge in [0.2, 0.25) is 0 Å². The van der Waals surface area contributed by atoms with Gasteiger partial charge in [-0.3, -0.25) is 0 Å². The first-order valence-corrected chi connectivity index (χ1v) is 12.0. The van der Waals surface area contributed by atoms with Crippen LogP contribution in [0.3, 0.4) is 0 Å². The van der Waals surface area contributed by atoms with Crippen molar-refractivity contribution in [3.63, 3.8) is 0 Å². The van der Waals surface area contributed by atoms with E-state index in [-0.39, 0.29) is 5.41 Å². The van der Waals surface area contributed by atoms with Crippen molar-refractivity contribution < 1.29 is 0 Å². The third-order valence-corrected chi connectivity index (χ3v) is 8.21. The fourth-order valence-electron chi connectivity index (χ4n) is 5.20. The molecular weight excluding hydrogens is 392 g/mol. The summed E-state index contributed by atoms with van der Waals surface area (Å²) in [5, 5.41) is 2.72. The number of benzene rings is 4. The molecule has 6 rings (SSSR count). The van der Waals surface area contributed by atoms with Crippen molar-refractivity contribution in [1.82, 2.24) is 0 Å². The minimum absolute atomic E-state index is 0.0211. The fraction of sp³-hybridized carbons (Fsp3) is 0.200. The van der Waals surface area contributed by atoms with Gasteiger partial charge in [-0.25, -0.2) is 0 Å². The molecule has 0 bridgehead atoms. The molecule has 4 aromatic carbocycles. The molecule has 0 nitrogen and oxygen atoms in total. The summed E-state index contributed by atoms with van der Waals surface area (Å²) >= 11 is 1.89. The van der Waals surface area contributed by atoms with Crippen molar-refractivity contribution >= 4 is 31.5 Å². The quantitative estimate of drug-likeness (QED) is 0.268. The Balaban J connectivity index is 1.49. The van der Waals surface area contributed by atoms with Crippen LogP contribution >= 0.6 is 11.3 Å². The van der Waals surface area contributed by atoms with Crippen LogP contribution in [0.15, 0.2) is 78.9 Å². The first kappa shape index (κ1) is 18.8. The average molecular weight is 419 g/mol. The Labute approximate surface area is 188 Å². The Hall–Kier alpha value is -2.90. The van der Waals surface area contributed by atoms with Crippen LogP contribution in [0, 0.1) is 0 Å². The third kappa shape index (κ3) is 2.73. The van der Waals surface area contributed by atoms with Crippen molar-refractivity contribution in [2.24, 2.45) is 0 Å². The van der Waals surface area contributed by atoms with E-state index in [0.717, 1.165) is 0 Å². The summed E-state index contributed by atoms with van der Waals surface area (Å²) < 4.78 is 2.73. The highest BCUT2D eigenvalue weighted by Gasteiger charge is 2.35. The van der Waals surface area contributed by atoms with E-state index in [0.29, 0.717) is 5.92 Å². The van der Waals surface area contributed by atoms with Gasteiger partial charge in [0.15, 0.2) is 0 Å². The second-order valence-electron chi connectivity index (χ2n) is 9.65. The fourth-order valence-corrected chi connectivity index (χ4v) is 6.34. The molecule has 1 aromatic heterocycles. The summed E-state index contributed by atoms with van der Waals surface area (Å²) in [7, 11) is 0. The Bertz CT molecular complexity index is 1480. The standard InChI is InChI=1S/C30H26S/c1-18(2)19-9-12-22-23-13-10-20(16-27(23)30(3,4)26(22)15-19)21-11-14-25-24-7-5-6-8-28(24)31-29(25)17-21/h5-18H,1-4H3. The van der Waals surface area contributed by atoms with E-state index in [2.05, 4.69) is 107 Å². The van der Waals surface area contributed by atoms with Crippen LogP contribution in [0.2, 0.25) is 0 Å². The summed E-state index contributed by atoms with van der Waals surface area (Å²) in [5.41, 5.74) is 9.75. The second-order valence-corrected chi connectivity index (χ2v) is 10.7. The molecule has 1 heterocycles. The molecular formula is C30H26S. The van der Waals surface area contributed by atoms with Crippen molar-refractivity contribution in [1.29, 1.82) is 0 Å². The highest BCUT2D eigenvalue weighted by Crippen LogP contribution is 2.50. The highest BCUT2D eigenvalue weighted by molar-refractivity contribution is 7.25. The van der Waals surface area contributed by atoms with Crippen LogP contribution in [0.1, 0.15) is 50.3 Å². The van der Waals surface area contributed by atoms with E-state index in [9.17, 15) is 0 Å². The second kappa shape index (κ2) is 6.55. The summed E-state index contributed by atoms with van der Waals surface area (Å²) in [5.74, 6) is 0.549. The average Bonchev–Trinajstić information content (AvgIpc) is 3.25. The number of hydrogen-bond donors (Lipinski definition) is 0. The van der Waals surface area contributed by atoms with Gasteiger partial charge in [-0.1, -0.05) is 88.4 Å². The predicted octanol–water partition coefficient (Wildman–Crippen LogP) is 9.15. The molecule has 0 atom stereocenters. The first-order valence-electron chi connectivity index (χ1n) is 11.1. The van der Waals surface area contributed by atoms with Crippen molar-refractivity contribution in [2.45, 2.75) is 39.0 Å². The van der Waals surface area contributed by atoms with E-state index >= 15 is 0 Å². The molecule has 1 aliphatic rings. The van der Waals surface area contributed by atoms with Crippen molar-refractivity contribution in [3.8, 4) is 22.3 Å². The lowest BCUT2D eigenvalue weighted by Crippen LogP contribution is -2.15. The van der Waals surface area contributed by atoms with E-state index in [1.54, 1.807) is 0 Å². The van der Waals surface area contributed by atoms with Crippen LogP contribution < -0.4 is 0 Å². The molecule has 0 saturated carbocycles. The molecule has 0 N–H and O–H groups in total. The van der Waals surface area contributed by atoms with Crippen LogP contribution in [0.5, 0.6) is 0 Å². The lowest BCUT2D eigenvalue weighted by Gasteiger charge is -2.23. The SMILES string of the molecule is CC(C)c1ccc2c(c1)C(C)(C)c1cc(-c3ccc4c(c3)sc3ccccc34)ccc1-2. The van der Waals surface area contributed by atoms with Crippen LogP contribution in [-0.4, -0.2) is 0 Å². The predicted molar refractivity (Wildman–Crippen MR) is 136 cm³/mol. The lowest BCUT2D eigenvalue weighted by molar-refractivity contribution is 0.658. The summed E-state index contributed by atoms with van der Waals surface area (Å²) in [6, 6.07) is 29.8. The van der Waals surface area contributed by atoms with E-state index < -0.39 is 0 Å². The van der Waals surface area contributed by atoms with Crippen molar-refractivity contribution in [3.05, 3.63) is 95.6 Å². The largest absolute Gasteiger partial charge is 0.135 e. The lowest BCUT2D eigenvalue weighted by atomic mass is 9.80. The van der Waals surface area contributed by atoms with Crippen LogP contribution in [0.4, 0.5) is 0 Å². The van der Waals surface area contributed by atoms with Crippen molar-refractivity contribution in [2.75, 3.05) is 0 Å². The zero-order valence-corrected chi connectivity index (χ0v) is 19.3. The molecule has 0 aliphatic heterocycles. The zero-order valence-electron chi connectivity index (χ0n) is 18.5. The molecule has 1 aliphatic carbocycles. The van der Waals surface area contributed by atoms with Crippen LogP contribution in [-0.2, 0) is 5.41 Å². The van der Waals surface area contributed by atoms with Gasteiger partial charge in [0, 0.05) is 25.6 Å². The normalized spacial score (nSPS) is 14.4. The topological polar surface area (TPSA) is 0 Å². The van der Waals surface area contributed by atoms with E-state index in [4.69, 9.17) is 0 Å². The summed E-state index contributed by atoms with van der Waals surface area (Å²) in [6.45, 7) is 9.31.